The highest BCUT2D eigenvalue weighted by molar-refractivity contribution is 5.67. The highest BCUT2D eigenvalue weighted by Crippen LogP contribution is 2.27. The first-order valence-corrected chi connectivity index (χ1v) is 5.73. The van der Waals surface area contributed by atoms with E-state index in [1.807, 2.05) is 30.3 Å². The van der Waals surface area contributed by atoms with Crippen molar-refractivity contribution >= 4 is 5.82 Å². The zero-order valence-electron chi connectivity index (χ0n) is 10.5. The average molecular weight is 230 g/mol. The first-order chi connectivity index (χ1) is 8.11. The summed E-state index contributed by atoms with van der Waals surface area (Å²) in [5.41, 5.74) is 8.26. The number of nitrogen functional groups attached to an aromatic ring is 1. The van der Waals surface area contributed by atoms with E-state index in [4.69, 9.17) is 10.5 Å². The molecule has 1 heterocycles. The average Bonchev–Trinajstić information content (AvgIpc) is 2.71. The normalized spacial score (nSPS) is 10.8. The van der Waals surface area contributed by atoms with Gasteiger partial charge in [-0.2, -0.15) is 0 Å². The molecule has 0 bridgehead atoms. The van der Waals surface area contributed by atoms with Crippen molar-refractivity contribution in [3.8, 4) is 16.9 Å². The lowest BCUT2D eigenvalue weighted by Crippen LogP contribution is -2.02. The van der Waals surface area contributed by atoms with Crippen LogP contribution in [0.15, 0.2) is 36.5 Å². The summed E-state index contributed by atoms with van der Waals surface area (Å²) in [6.45, 7) is 4.24. The Labute approximate surface area is 102 Å². The number of aromatic nitrogens is 1. The minimum Gasteiger partial charge on any atom is -0.497 e. The number of benzene rings is 1. The van der Waals surface area contributed by atoms with Crippen LogP contribution < -0.4 is 10.5 Å². The van der Waals surface area contributed by atoms with Gasteiger partial charge in [0, 0.05) is 17.8 Å². The van der Waals surface area contributed by atoms with Gasteiger partial charge in [0.1, 0.15) is 11.6 Å². The molecule has 90 valence electrons. The Kier molecular flexibility index (Phi) is 3.09. The van der Waals surface area contributed by atoms with Crippen molar-refractivity contribution in [2.24, 2.45) is 0 Å². The van der Waals surface area contributed by atoms with Gasteiger partial charge in [0.05, 0.1) is 7.11 Å². The lowest BCUT2D eigenvalue weighted by atomic mass is 10.1. The van der Waals surface area contributed by atoms with Gasteiger partial charge in [-0.1, -0.05) is 12.1 Å². The molecule has 0 spiro atoms. The van der Waals surface area contributed by atoms with Crippen LogP contribution in [0.5, 0.6) is 5.75 Å². The van der Waals surface area contributed by atoms with E-state index in [0.29, 0.717) is 6.04 Å². The third-order valence-corrected chi connectivity index (χ3v) is 2.86. The fourth-order valence-corrected chi connectivity index (χ4v) is 1.88. The quantitative estimate of drug-likeness (QED) is 0.878. The SMILES string of the molecule is COc1ccc(-c2cc(N)n(C(C)C)c2)cc1. The summed E-state index contributed by atoms with van der Waals surface area (Å²) in [5.74, 6) is 1.66. The number of hydrogen-bond acceptors (Lipinski definition) is 2. The summed E-state index contributed by atoms with van der Waals surface area (Å²) in [7, 11) is 1.67. The maximum Gasteiger partial charge on any atom is 0.118 e. The summed E-state index contributed by atoms with van der Waals surface area (Å²) in [6, 6.07) is 10.4. The Hall–Kier alpha value is -1.90. The number of nitrogens with two attached hydrogens (primary N) is 1. The predicted molar refractivity (Wildman–Crippen MR) is 71.2 cm³/mol. The smallest absolute Gasteiger partial charge is 0.118 e. The molecular weight excluding hydrogens is 212 g/mol. The van der Waals surface area contributed by atoms with Gasteiger partial charge in [0.25, 0.3) is 0 Å². The fraction of sp³-hybridized carbons (Fsp3) is 0.286. The highest BCUT2D eigenvalue weighted by atomic mass is 16.5. The summed E-state index contributed by atoms with van der Waals surface area (Å²) < 4.78 is 7.21. The van der Waals surface area contributed by atoms with Crippen LogP contribution in [0.25, 0.3) is 11.1 Å². The second-order valence-electron chi connectivity index (χ2n) is 4.38. The third-order valence-electron chi connectivity index (χ3n) is 2.86. The van der Waals surface area contributed by atoms with Crippen LogP contribution in [0.3, 0.4) is 0 Å². The molecule has 1 aromatic carbocycles. The molecule has 1 aromatic heterocycles. The Morgan fingerprint density at radius 3 is 2.24 bits per heavy atom. The number of ether oxygens (including phenoxy) is 1. The van der Waals surface area contributed by atoms with Gasteiger partial charge in [-0.15, -0.1) is 0 Å². The molecule has 0 aliphatic heterocycles. The molecule has 0 amide bonds. The van der Waals surface area contributed by atoms with E-state index in [0.717, 1.165) is 22.7 Å². The lowest BCUT2D eigenvalue weighted by molar-refractivity contribution is 0.415. The van der Waals surface area contributed by atoms with Gasteiger partial charge in [0.2, 0.25) is 0 Å². The second kappa shape index (κ2) is 4.53. The molecule has 3 nitrogen and oxygen atoms in total. The molecule has 0 fully saturated rings. The van der Waals surface area contributed by atoms with Crippen LogP contribution in [-0.2, 0) is 0 Å². The summed E-state index contributed by atoms with van der Waals surface area (Å²) in [5, 5.41) is 0. The molecule has 0 saturated heterocycles. The lowest BCUT2D eigenvalue weighted by Gasteiger charge is -2.08. The molecule has 3 heteroatoms. The molecule has 2 rings (SSSR count). The number of methoxy groups -OCH3 is 1. The summed E-state index contributed by atoms with van der Waals surface area (Å²) >= 11 is 0. The molecule has 2 N–H and O–H groups in total. The number of hydrogen-bond donors (Lipinski definition) is 1. The van der Waals surface area contributed by atoms with Crippen molar-refractivity contribution < 1.29 is 4.74 Å². The summed E-state index contributed by atoms with van der Waals surface area (Å²) in [6.07, 6.45) is 2.09. The zero-order chi connectivity index (χ0) is 12.4. The minimum atomic E-state index is 0.377. The van der Waals surface area contributed by atoms with Gasteiger partial charge in [-0.25, -0.2) is 0 Å². The van der Waals surface area contributed by atoms with Crippen LogP contribution in [-0.4, -0.2) is 11.7 Å². The third kappa shape index (κ3) is 2.28. The van der Waals surface area contributed by atoms with Crippen molar-refractivity contribution in [1.29, 1.82) is 0 Å². The van der Waals surface area contributed by atoms with E-state index in [1.54, 1.807) is 7.11 Å². The number of anilines is 1. The topological polar surface area (TPSA) is 40.2 Å². The molecule has 0 aliphatic rings. The molecule has 17 heavy (non-hydrogen) atoms. The van der Waals surface area contributed by atoms with Gasteiger partial charge in [-0.3, -0.25) is 0 Å². The van der Waals surface area contributed by atoms with E-state index in [9.17, 15) is 0 Å². The maximum atomic E-state index is 5.97. The Morgan fingerprint density at radius 1 is 1.12 bits per heavy atom. The van der Waals surface area contributed by atoms with Crippen LogP contribution >= 0.6 is 0 Å². The molecule has 0 radical (unpaired) electrons. The molecule has 0 saturated carbocycles. The first-order valence-electron chi connectivity index (χ1n) is 5.73. The van der Waals surface area contributed by atoms with E-state index in [2.05, 4.69) is 24.6 Å². The van der Waals surface area contributed by atoms with Crippen LogP contribution in [0.4, 0.5) is 5.82 Å². The molecule has 0 atom stereocenters. The Morgan fingerprint density at radius 2 is 1.76 bits per heavy atom. The Balaban J connectivity index is 2.36. The molecule has 0 unspecified atom stereocenters. The van der Waals surface area contributed by atoms with E-state index >= 15 is 0 Å². The van der Waals surface area contributed by atoms with E-state index in [1.165, 1.54) is 0 Å². The first kappa shape index (κ1) is 11.6. The summed E-state index contributed by atoms with van der Waals surface area (Å²) in [4.78, 5) is 0. The Bertz CT molecular complexity index is 497. The van der Waals surface area contributed by atoms with Crippen molar-refractivity contribution in [2.45, 2.75) is 19.9 Å². The van der Waals surface area contributed by atoms with Gasteiger partial charge in [0.15, 0.2) is 0 Å². The van der Waals surface area contributed by atoms with Crippen molar-refractivity contribution in [1.82, 2.24) is 4.57 Å². The maximum absolute atomic E-state index is 5.97. The van der Waals surface area contributed by atoms with Crippen LogP contribution in [0.2, 0.25) is 0 Å². The molecular formula is C14H18N2O. The second-order valence-corrected chi connectivity index (χ2v) is 4.38. The highest BCUT2D eigenvalue weighted by Gasteiger charge is 2.07. The predicted octanol–water partition coefficient (Wildman–Crippen LogP) is 3.33. The molecule has 0 aliphatic carbocycles. The van der Waals surface area contributed by atoms with Gasteiger partial charge >= 0.3 is 0 Å². The van der Waals surface area contributed by atoms with E-state index < -0.39 is 0 Å². The van der Waals surface area contributed by atoms with E-state index in [-0.39, 0.29) is 0 Å². The minimum absolute atomic E-state index is 0.377. The zero-order valence-corrected chi connectivity index (χ0v) is 10.5. The number of rotatable bonds is 3. The fourth-order valence-electron chi connectivity index (χ4n) is 1.88. The number of nitrogens with zero attached hydrogens (tertiary/aromatic N) is 1. The van der Waals surface area contributed by atoms with Gasteiger partial charge < -0.3 is 15.0 Å². The van der Waals surface area contributed by atoms with Crippen molar-refractivity contribution in [3.05, 3.63) is 36.5 Å². The standard InChI is InChI=1S/C14H18N2O/c1-10(2)16-9-12(8-14(16)15)11-4-6-13(17-3)7-5-11/h4-10H,15H2,1-3H3. The largest absolute Gasteiger partial charge is 0.497 e. The van der Waals surface area contributed by atoms with Crippen LogP contribution in [0.1, 0.15) is 19.9 Å². The van der Waals surface area contributed by atoms with Gasteiger partial charge in [-0.05, 0) is 37.6 Å². The van der Waals surface area contributed by atoms with Crippen molar-refractivity contribution in [2.75, 3.05) is 12.8 Å². The van der Waals surface area contributed by atoms with Crippen molar-refractivity contribution in [3.63, 3.8) is 0 Å². The van der Waals surface area contributed by atoms with Crippen LogP contribution in [0, 0.1) is 0 Å². The monoisotopic (exact) mass is 230 g/mol. The molecule has 2 aromatic rings.